The maximum atomic E-state index is 11.4. The third kappa shape index (κ3) is 5.34. The second kappa shape index (κ2) is 9.94. The van der Waals surface area contributed by atoms with Gasteiger partial charge in [0.2, 0.25) is 0 Å². The summed E-state index contributed by atoms with van der Waals surface area (Å²) >= 11 is 0. The number of nitrogens with one attached hydrogen (secondary N) is 1. The van der Waals surface area contributed by atoms with E-state index in [0.29, 0.717) is 6.54 Å². The van der Waals surface area contributed by atoms with Crippen molar-refractivity contribution in [2.75, 3.05) is 6.61 Å². The van der Waals surface area contributed by atoms with E-state index >= 15 is 0 Å². The third-order valence-electron chi connectivity index (χ3n) is 5.96. The minimum absolute atomic E-state index is 0.354. The van der Waals surface area contributed by atoms with E-state index in [4.69, 9.17) is 0 Å². The van der Waals surface area contributed by atoms with Crippen LogP contribution < -0.4 is 5.32 Å². The zero-order chi connectivity index (χ0) is 23.3. The average Bonchev–Trinajstić information content (AvgIpc) is 2.78. The quantitative estimate of drug-likeness (QED) is 0.421. The molecule has 0 saturated carbocycles. The highest BCUT2D eigenvalue weighted by atomic mass is 16.4. The molecule has 0 radical (unpaired) electrons. The lowest BCUT2D eigenvalue weighted by molar-refractivity contribution is -0.145. The zero-order valence-electron chi connectivity index (χ0n) is 19.1. The Bertz CT molecular complexity index is 1150. The van der Waals surface area contributed by atoms with Gasteiger partial charge >= 0.3 is 5.97 Å². The van der Waals surface area contributed by atoms with Crippen molar-refractivity contribution in [2.45, 2.75) is 39.8 Å². The number of aliphatic carboxylic acids is 1. The number of hydrogen-bond acceptors (Lipinski definition) is 3. The SMILES string of the molecule is Cc1cccc(-c2cccc(/C=C/c3cc(CNC(C)(CO)C(=O)O)ccc3C)c2C)c1. The number of aryl methyl sites for hydroxylation is 2. The van der Waals surface area contributed by atoms with Crippen molar-refractivity contribution >= 4 is 18.1 Å². The number of aliphatic hydroxyl groups excluding tert-OH is 1. The first-order valence-corrected chi connectivity index (χ1v) is 10.8. The summed E-state index contributed by atoms with van der Waals surface area (Å²) in [6.07, 6.45) is 4.23. The van der Waals surface area contributed by atoms with Crippen LogP contribution in [-0.2, 0) is 11.3 Å². The van der Waals surface area contributed by atoms with Gasteiger partial charge in [0, 0.05) is 6.54 Å². The van der Waals surface area contributed by atoms with Gasteiger partial charge < -0.3 is 10.2 Å². The maximum absolute atomic E-state index is 11.4. The summed E-state index contributed by atoms with van der Waals surface area (Å²) in [4.78, 5) is 11.4. The Labute approximate surface area is 190 Å². The van der Waals surface area contributed by atoms with Gasteiger partial charge in [-0.25, -0.2) is 0 Å². The summed E-state index contributed by atoms with van der Waals surface area (Å²) in [7, 11) is 0. The van der Waals surface area contributed by atoms with Crippen LogP contribution in [0.25, 0.3) is 23.3 Å². The van der Waals surface area contributed by atoms with E-state index in [-0.39, 0.29) is 0 Å². The predicted octanol–water partition coefficient (Wildman–Crippen LogP) is 5.37. The number of aliphatic hydroxyl groups is 1. The molecule has 0 aliphatic heterocycles. The Kier molecular flexibility index (Phi) is 7.29. The van der Waals surface area contributed by atoms with Crippen molar-refractivity contribution < 1.29 is 15.0 Å². The summed E-state index contributed by atoms with van der Waals surface area (Å²) in [5.74, 6) is -1.07. The van der Waals surface area contributed by atoms with Gasteiger partial charge in [-0.1, -0.05) is 78.4 Å². The molecule has 0 bridgehead atoms. The number of carboxylic acids is 1. The van der Waals surface area contributed by atoms with Crippen LogP contribution in [0.2, 0.25) is 0 Å². The molecule has 0 saturated heterocycles. The van der Waals surface area contributed by atoms with Gasteiger partial charge in [0.1, 0.15) is 5.54 Å². The molecule has 4 nitrogen and oxygen atoms in total. The first kappa shape index (κ1) is 23.5. The minimum atomic E-state index is -1.37. The molecule has 3 aromatic carbocycles. The van der Waals surface area contributed by atoms with Crippen molar-refractivity contribution in [3.63, 3.8) is 0 Å². The Morgan fingerprint density at radius 3 is 2.38 bits per heavy atom. The van der Waals surface area contributed by atoms with Crippen LogP contribution in [0.4, 0.5) is 0 Å². The lowest BCUT2D eigenvalue weighted by Gasteiger charge is -2.24. The Balaban J connectivity index is 1.85. The first-order chi connectivity index (χ1) is 15.2. The van der Waals surface area contributed by atoms with E-state index in [2.05, 4.69) is 86.8 Å². The highest BCUT2D eigenvalue weighted by Gasteiger charge is 2.31. The molecule has 166 valence electrons. The minimum Gasteiger partial charge on any atom is -0.480 e. The van der Waals surface area contributed by atoms with Crippen molar-refractivity contribution in [1.29, 1.82) is 0 Å². The Hall–Kier alpha value is -3.21. The Morgan fingerprint density at radius 1 is 0.969 bits per heavy atom. The molecule has 0 spiro atoms. The smallest absolute Gasteiger partial charge is 0.326 e. The van der Waals surface area contributed by atoms with E-state index in [1.807, 2.05) is 12.1 Å². The summed E-state index contributed by atoms with van der Waals surface area (Å²) in [5, 5.41) is 21.7. The number of carboxylic acid groups (broad SMARTS) is 1. The van der Waals surface area contributed by atoms with Crippen LogP contribution in [0.15, 0.2) is 60.7 Å². The normalized spacial score (nSPS) is 13.3. The van der Waals surface area contributed by atoms with Gasteiger partial charge in [0.15, 0.2) is 0 Å². The molecule has 3 rings (SSSR count). The van der Waals surface area contributed by atoms with Crippen molar-refractivity contribution in [1.82, 2.24) is 5.32 Å². The standard InChI is InChI=1S/C28H31NO3/c1-19-7-5-9-25(15-19)26-10-6-8-23(21(26)3)13-14-24-16-22(12-11-20(24)2)17-29-28(4,18-30)27(31)32/h5-16,29-30H,17-18H2,1-4H3,(H,31,32)/b14-13+. The van der Waals surface area contributed by atoms with E-state index in [9.17, 15) is 15.0 Å². The van der Waals surface area contributed by atoms with E-state index in [1.165, 1.54) is 29.2 Å². The van der Waals surface area contributed by atoms with Crippen molar-refractivity contribution in [3.05, 3.63) is 94.0 Å². The van der Waals surface area contributed by atoms with Crippen LogP contribution in [0.1, 0.15) is 40.3 Å². The first-order valence-electron chi connectivity index (χ1n) is 10.8. The molecular weight excluding hydrogens is 398 g/mol. The van der Waals surface area contributed by atoms with Crippen molar-refractivity contribution in [3.8, 4) is 11.1 Å². The summed E-state index contributed by atoms with van der Waals surface area (Å²) < 4.78 is 0. The van der Waals surface area contributed by atoms with Crippen LogP contribution in [0, 0.1) is 20.8 Å². The molecule has 4 heteroatoms. The molecule has 0 aliphatic rings. The number of hydrogen-bond donors (Lipinski definition) is 3. The third-order valence-corrected chi connectivity index (χ3v) is 5.96. The predicted molar refractivity (Wildman–Crippen MR) is 131 cm³/mol. The summed E-state index contributed by atoms with van der Waals surface area (Å²) in [5.41, 5.74) is 7.87. The lowest BCUT2D eigenvalue weighted by atomic mass is 9.94. The van der Waals surface area contributed by atoms with E-state index in [0.717, 1.165) is 22.3 Å². The fourth-order valence-electron chi connectivity index (χ4n) is 3.61. The zero-order valence-corrected chi connectivity index (χ0v) is 19.1. The van der Waals surface area contributed by atoms with Crippen LogP contribution in [-0.4, -0.2) is 28.3 Å². The van der Waals surface area contributed by atoms with Gasteiger partial charge in [-0.15, -0.1) is 0 Å². The molecule has 0 aliphatic carbocycles. The van der Waals surface area contributed by atoms with E-state index < -0.39 is 18.1 Å². The maximum Gasteiger partial charge on any atom is 0.326 e. The van der Waals surface area contributed by atoms with Gasteiger partial charge in [-0.2, -0.15) is 0 Å². The molecular formula is C28H31NO3. The Morgan fingerprint density at radius 2 is 1.69 bits per heavy atom. The lowest BCUT2D eigenvalue weighted by Crippen LogP contribution is -2.52. The second-order valence-corrected chi connectivity index (χ2v) is 8.56. The monoisotopic (exact) mass is 429 g/mol. The highest BCUT2D eigenvalue weighted by Crippen LogP contribution is 2.27. The molecule has 0 fully saturated rings. The second-order valence-electron chi connectivity index (χ2n) is 8.56. The molecule has 0 aromatic heterocycles. The van der Waals surface area contributed by atoms with E-state index in [1.54, 1.807) is 0 Å². The van der Waals surface area contributed by atoms with Gasteiger partial charge in [-0.3, -0.25) is 10.1 Å². The summed E-state index contributed by atoms with van der Waals surface area (Å²) in [6, 6.07) is 20.9. The topological polar surface area (TPSA) is 69.6 Å². The average molecular weight is 430 g/mol. The highest BCUT2D eigenvalue weighted by molar-refractivity contribution is 5.79. The number of rotatable bonds is 8. The molecule has 1 atom stereocenters. The van der Waals surface area contributed by atoms with Crippen LogP contribution >= 0.6 is 0 Å². The number of benzene rings is 3. The molecule has 3 aromatic rings. The van der Waals surface area contributed by atoms with Gasteiger partial charge in [0.25, 0.3) is 0 Å². The largest absolute Gasteiger partial charge is 0.480 e. The molecule has 0 amide bonds. The number of carbonyl (C=O) groups is 1. The van der Waals surface area contributed by atoms with Crippen LogP contribution in [0.3, 0.4) is 0 Å². The summed E-state index contributed by atoms with van der Waals surface area (Å²) in [6.45, 7) is 7.67. The fraction of sp³-hybridized carbons (Fsp3) is 0.250. The van der Waals surface area contributed by atoms with Gasteiger partial charge in [-0.05, 0) is 66.6 Å². The molecule has 0 heterocycles. The fourth-order valence-corrected chi connectivity index (χ4v) is 3.61. The van der Waals surface area contributed by atoms with Crippen molar-refractivity contribution in [2.24, 2.45) is 0 Å². The molecule has 3 N–H and O–H groups in total. The molecule has 1 unspecified atom stereocenters. The van der Waals surface area contributed by atoms with Crippen LogP contribution in [0.5, 0.6) is 0 Å². The molecule has 32 heavy (non-hydrogen) atoms. The van der Waals surface area contributed by atoms with Gasteiger partial charge in [0.05, 0.1) is 6.61 Å².